The van der Waals surface area contributed by atoms with Crippen LogP contribution < -0.4 is 9.46 Å². The van der Waals surface area contributed by atoms with Gasteiger partial charge in [0.15, 0.2) is 0 Å². The molecule has 8 rings (SSSR count). The molecule has 2 saturated heterocycles. The number of likely N-dealkylation sites (tertiary alicyclic amines) is 2. The van der Waals surface area contributed by atoms with Gasteiger partial charge in [0.25, 0.3) is 5.91 Å². The summed E-state index contributed by atoms with van der Waals surface area (Å²) < 4.78 is 35.6. The number of carbonyl (C=O) groups is 2. The lowest BCUT2D eigenvalue weighted by Crippen LogP contribution is -2.49. The molecule has 3 aliphatic heterocycles. The quantitative estimate of drug-likeness (QED) is 0.368. The fourth-order valence-electron chi connectivity index (χ4n) is 10.1. The van der Waals surface area contributed by atoms with Crippen molar-refractivity contribution in [3.63, 3.8) is 0 Å². The third-order valence-electron chi connectivity index (χ3n) is 12.7. The zero-order valence-corrected chi connectivity index (χ0v) is 29.5. The molecule has 2 unspecified atom stereocenters. The first-order valence-corrected chi connectivity index (χ1v) is 19.4. The smallest absolute Gasteiger partial charge is 0.264 e. The summed E-state index contributed by atoms with van der Waals surface area (Å²) in [7, 11) is 0.103. The maximum Gasteiger partial charge on any atom is 0.264 e. The lowest BCUT2D eigenvalue weighted by atomic mass is 9.53. The maximum absolute atomic E-state index is 14.7. The van der Waals surface area contributed by atoms with Gasteiger partial charge < -0.3 is 19.1 Å². The summed E-state index contributed by atoms with van der Waals surface area (Å²) in [6, 6.07) is 11.9. The molecule has 4 heterocycles. The van der Waals surface area contributed by atoms with Crippen molar-refractivity contribution in [3.05, 3.63) is 53.1 Å². The van der Waals surface area contributed by atoms with E-state index in [9.17, 15) is 18.0 Å². The van der Waals surface area contributed by atoms with Gasteiger partial charge in [0.05, 0.1) is 24.0 Å². The lowest BCUT2D eigenvalue weighted by molar-refractivity contribution is -0.135. The Morgan fingerprint density at radius 3 is 2.31 bits per heavy atom. The SMILES string of the molecule is COc1ccc2c(c1)C[C@@H](C(=O)N1CC34CCC3(CN(C)C4)C1)Cn1c-2c(C2CCCCC2)c2ccc(C(=O)NS(=O)(=O)C(C)C)cc21. The summed E-state index contributed by atoms with van der Waals surface area (Å²) in [6.45, 7) is 7.41. The first-order chi connectivity index (χ1) is 22.9. The molecule has 256 valence electrons. The van der Waals surface area contributed by atoms with Crippen molar-refractivity contribution in [1.29, 1.82) is 0 Å². The Morgan fingerprint density at radius 1 is 0.958 bits per heavy atom. The molecule has 48 heavy (non-hydrogen) atoms. The normalized spacial score (nSPS) is 27.2. The minimum absolute atomic E-state index is 0.215. The van der Waals surface area contributed by atoms with Crippen LogP contribution >= 0.6 is 0 Å². The second kappa shape index (κ2) is 11.3. The number of nitrogens with zero attached hydrogens (tertiary/aromatic N) is 3. The van der Waals surface area contributed by atoms with Crippen molar-refractivity contribution in [2.45, 2.75) is 82.9 Å². The molecule has 5 aliphatic rings. The molecule has 0 bridgehead atoms. The van der Waals surface area contributed by atoms with Gasteiger partial charge in [-0.15, -0.1) is 0 Å². The number of hydrogen-bond acceptors (Lipinski definition) is 6. The Labute approximate surface area is 284 Å². The van der Waals surface area contributed by atoms with Crippen LogP contribution in [0.3, 0.4) is 0 Å². The molecule has 0 spiro atoms. The van der Waals surface area contributed by atoms with Gasteiger partial charge in [-0.3, -0.25) is 9.59 Å². The van der Waals surface area contributed by atoms with Crippen molar-refractivity contribution >= 4 is 32.7 Å². The Bertz CT molecular complexity index is 1910. The van der Waals surface area contributed by atoms with E-state index in [0.717, 1.165) is 72.5 Å². The summed E-state index contributed by atoms with van der Waals surface area (Å²) in [6.07, 6.45) is 8.78. The van der Waals surface area contributed by atoms with Crippen molar-refractivity contribution in [3.8, 4) is 17.0 Å². The van der Waals surface area contributed by atoms with Crippen LogP contribution in [0.4, 0.5) is 0 Å². The highest BCUT2D eigenvalue weighted by Gasteiger charge is 2.68. The van der Waals surface area contributed by atoms with E-state index in [2.05, 4.69) is 38.3 Å². The number of rotatable bonds is 6. The molecular formula is C38H48N4O5S. The zero-order valence-electron chi connectivity index (χ0n) is 28.7. The van der Waals surface area contributed by atoms with E-state index in [1.165, 1.54) is 37.7 Å². The fourth-order valence-corrected chi connectivity index (χ4v) is 10.7. The number of aromatic nitrogens is 1. The highest BCUT2D eigenvalue weighted by atomic mass is 32.2. The molecule has 1 aromatic heterocycles. The van der Waals surface area contributed by atoms with Crippen LogP contribution in [-0.4, -0.2) is 80.2 Å². The number of ether oxygens (including phenoxy) is 1. The summed E-state index contributed by atoms with van der Waals surface area (Å²) >= 11 is 0. The predicted octanol–water partition coefficient (Wildman–Crippen LogP) is 5.56. The summed E-state index contributed by atoms with van der Waals surface area (Å²) in [5.74, 6) is 0.448. The first kappa shape index (κ1) is 31.9. The van der Waals surface area contributed by atoms with Crippen LogP contribution in [0, 0.1) is 16.7 Å². The average Bonchev–Trinajstić information content (AvgIpc) is 3.48. The molecule has 10 heteroatoms. The molecule has 2 saturated carbocycles. The molecule has 4 fully saturated rings. The van der Waals surface area contributed by atoms with Gasteiger partial charge in [-0.2, -0.15) is 0 Å². The third kappa shape index (κ3) is 4.83. The Balaban J connectivity index is 1.26. The summed E-state index contributed by atoms with van der Waals surface area (Å²) in [4.78, 5) is 32.7. The monoisotopic (exact) mass is 672 g/mol. The van der Waals surface area contributed by atoms with Gasteiger partial charge in [0.2, 0.25) is 15.9 Å². The molecule has 0 radical (unpaired) electrons. The van der Waals surface area contributed by atoms with Crippen LogP contribution in [0.5, 0.6) is 5.75 Å². The van der Waals surface area contributed by atoms with Gasteiger partial charge in [-0.05, 0) is 100 Å². The van der Waals surface area contributed by atoms with E-state index in [1.54, 1.807) is 27.0 Å². The van der Waals surface area contributed by atoms with E-state index in [0.29, 0.717) is 24.4 Å². The Hall–Kier alpha value is -3.37. The molecule has 3 aromatic rings. The number of methoxy groups -OCH3 is 1. The highest BCUT2D eigenvalue weighted by Crippen LogP contribution is 2.65. The topological polar surface area (TPSA) is 101 Å². The van der Waals surface area contributed by atoms with Gasteiger partial charge in [-0.25, -0.2) is 13.1 Å². The molecule has 2 aliphatic carbocycles. The molecule has 1 N–H and O–H groups in total. The van der Waals surface area contributed by atoms with Gasteiger partial charge in [0.1, 0.15) is 5.75 Å². The van der Waals surface area contributed by atoms with Crippen LogP contribution in [0.1, 0.15) is 86.2 Å². The lowest BCUT2D eigenvalue weighted by Gasteiger charge is -2.48. The molecule has 9 nitrogen and oxygen atoms in total. The molecule has 2 aromatic carbocycles. The molecular weight excluding hydrogens is 625 g/mol. The van der Waals surface area contributed by atoms with Gasteiger partial charge in [0, 0.05) is 65.6 Å². The average molecular weight is 673 g/mol. The highest BCUT2D eigenvalue weighted by molar-refractivity contribution is 7.90. The van der Waals surface area contributed by atoms with Crippen molar-refractivity contribution in [2.75, 3.05) is 40.3 Å². The summed E-state index contributed by atoms with van der Waals surface area (Å²) in [5, 5.41) is 0.359. The van der Waals surface area contributed by atoms with Crippen molar-refractivity contribution < 1.29 is 22.7 Å². The van der Waals surface area contributed by atoms with E-state index in [4.69, 9.17) is 4.74 Å². The van der Waals surface area contributed by atoms with Gasteiger partial charge >= 0.3 is 0 Å². The minimum Gasteiger partial charge on any atom is -0.497 e. The number of sulfonamides is 1. The number of fused-ring (bicyclic) bond motifs is 5. The second-order valence-corrected chi connectivity index (χ2v) is 18.1. The minimum atomic E-state index is -3.80. The number of amides is 2. The van der Waals surface area contributed by atoms with Crippen LogP contribution in [0.25, 0.3) is 22.2 Å². The van der Waals surface area contributed by atoms with E-state index in [1.807, 2.05) is 18.2 Å². The largest absolute Gasteiger partial charge is 0.497 e. The number of hydrogen-bond donors (Lipinski definition) is 1. The second-order valence-electron chi connectivity index (χ2n) is 15.8. The van der Waals surface area contributed by atoms with E-state index in [-0.39, 0.29) is 22.7 Å². The van der Waals surface area contributed by atoms with Crippen LogP contribution in [-0.2, 0) is 27.8 Å². The number of carbonyl (C=O) groups excluding carboxylic acids is 2. The van der Waals surface area contributed by atoms with Crippen molar-refractivity contribution in [1.82, 2.24) is 19.1 Å². The fraction of sp³-hybridized carbons (Fsp3) is 0.579. The Morgan fingerprint density at radius 2 is 1.67 bits per heavy atom. The maximum atomic E-state index is 14.7. The number of benzene rings is 2. The first-order valence-electron chi connectivity index (χ1n) is 17.8. The standard InChI is InChI=1S/C38H48N4O5S/c1-24(2)48(45,46)39-35(43)26-10-12-31-32(18-26)42-19-28(36(44)41-22-37-14-15-38(37,23-41)21-40(3)20-37)16-27-17-29(47-4)11-13-30(27)34(42)33(31)25-8-6-5-7-9-25/h10-13,17-18,24-25,28H,5-9,14-16,19-23H2,1-4H3,(H,39,43)/t28-,37?,38?/m1/s1. The van der Waals surface area contributed by atoms with Crippen molar-refractivity contribution in [2.24, 2.45) is 16.7 Å². The van der Waals surface area contributed by atoms with Gasteiger partial charge in [-0.1, -0.05) is 25.3 Å². The molecule has 3 atom stereocenters. The number of nitrogens with one attached hydrogen (secondary N) is 1. The van der Waals surface area contributed by atoms with Crippen LogP contribution in [0.2, 0.25) is 0 Å². The van der Waals surface area contributed by atoms with E-state index < -0.39 is 21.2 Å². The molecule has 2 amide bonds. The third-order valence-corrected chi connectivity index (χ3v) is 14.4. The van der Waals surface area contributed by atoms with E-state index >= 15 is 0 Å². The zero-order chi connectivity index (χ0) is 33.6. The Kier molecular flexibility index (Phi) is 7.53. The van der Waals surface area contributed by atoms with Crippen LogP contribution in [0.15, 0.2) is 36.4 Å². The predicted molar refractivity (Wildman–Crippen MR) is 187 cm³/mol. The summed E-state index contributed by atoms with van der Waals surface area (Å²) in [5.41, 5.74) is 6.30.